The molecule has 4 heterocycles. The van der Waals surface area contributed by atoms with E-state index in [4.69, 9.17) is 23.8 Å². The Morgan fingerprint density at radius 3 is 2.30 bits per heavy atom. The maximum absolute atomic E-state index is 14.2. The molecule has 0 unspecified atom stereocenters. The zero-order valence-corrected chi connectivity index (χ0v) is 38.9. The fourth-order valence-electron chi connectivity index (χ4n) is 8.99. The molecule has 2 aromatic carbocycles. The second-order valence-electron chi connectivity index (χ2n) is 17.6. The lowest BCUT2D eigenvalue weighted by atomic mass is 9.78. The third-order valence-electron chi connectivity index (χ3n) is 13.1. The average Bonchev–Trinajstić information content (AvgIpc) is 3.58. The van der Waals surface area contributed by atoms with Gasteiger partial charge in [-0.3, -0.25) is 24.1 Å². The first kappa shape index (κ1) is 49.4. The van der Waals surface area contributed by atoms with Crippen molar-refractivity contribution in [2.45, 2.75) is 85.6 Å². The maximum Gasteiger partial charge on any atom is 0.302 e. The van der Waals surface area contributed by atoms with Crippen LogP contribution in [0.3, 0.4) is 0 Å². The molecule has 0 radical (unpaired) electrons. The summed E-state index contributed by atoms with van der Waals surface area (Å²) in [4.78, 5) is 64.5. The number of nitrogens with zero attached hydrogens (tertiary/aromatic N) is 3. The van der Waals surface area contributed by atoms with E-state index in [9.17, 15) is 39.6 Å². The van der Waals surface area contributed by atoms with Crippen LogP contribution in [-0.2, 0) is 28.6 Å². The molecule has 4 aliphatic heterocycles. The van der Waals surface area contributed by atoms with Crippen LogP contribution in [0.1, 0.15) is 80.3 Å². The Hall–Kier alpha value is -6.01. The zero-order valence-electron chi connectivity index (χ0n) is 38.9. The number of fused-ring (bicyclic) bond motifs is 14. The van der Waals surface area contributed by atoms with E-state index in [1.165, 1.54) is 47.1 Å². The summed E-state index contributed by atoms with van der Waals surface area (Å²) in [6.07, 6.45) is 4.70. The smallest absolute Gasteiger partial charge is 0.302 e. The number of aliphatic hydroxyl groups is 2. The van der Waals surface area contributed by atoms with Gasteiger partial charge < -0.3 is 54.4 Å². The first-order valence-electron chi connectivity index (χ1n) is 22.2. The molecule has 0 saturated carbocycles. The standard InChI is InChI=1S/C49H62N4O13/c1-26-13-12-14-27(2)48(61)50-33-25-36(56)38-39(44(33)60)43(59)31(6)46-40(38)47(51-64-24-22-52-18-20-53(21-19-52)34-15-10-11-16-35(34)55)49(8,66-46)63-23-17-37(62-9)28(3)45(65-32(7)54)30(5)42(58)29(4)41(26)57/h10-17,23,25-26,28-30,37,41-42,45,55,57-59H,18-22,24H2,1-9H3,(H,50,61)/t26-,28+,29+,30+,37-,41-,42+,45+,49-/m0/s1. The molecule has 2 aromatic rings. The van der Waals surface area contributed by atoms with Crippen LogP contribution < -0.4 is 15.0 Å². The van der Waals surface area contributed by atoms with E-state index in [0.29, 0.717) is 32.7 Å². The average molecular weight is 915 g/mol. The van der Waals surface area contributed by atoms with E-state index in [2.05, 4.69) is 20.3 Å². The molecule has 1 fully saturated rings. The Labute approximate surface area is 385 Å². The second-order valence-corrected chi connectivity index (χ2v) is 17.6. The number of carbonyl (C=O) groups excluding carboxylic acids is 4. The summed E-state index contributed by atoms with van der Waals surface area (Å²) >= 11 is 0. The molecule has 17 heteroatoms. The number of para-hydroxylation sites is 2. The molecule has 0 spiro atoms. The summed E-state index contributed by atoms with van der Waals surface area (Å²) in [5, 5.41) is 51.9. The van der Waals surface area contributed by atoms with Crippen LogP contribution >= 0.6 is 0 Å². The molecule has 356 valence electrons. The highest BCUT2D eigenvalue weighted by molar-refractivity contribution is 6.31. The van der Waals surface area contributed by atoms with Crippen LogP contribution in [0.4, 0.5) is 5.69 Å². The van der Waals surface area contributed by atoms with Crippen LogP contribution in [0.5, 0.6) is 17.2 Å². The molecule has 66 heavy (non-hydrogen) atoms. The molecule has 5 aliphatic rings. The second kappa shape index (κ2) is 20.7. The summed E-state index contributed by atoms with van der Waals surface area (Å²) in [6.45, 7) is 16.0. The Balaban J connectivity index is 1.38. The van der Waals surface area contributed by atoms with Gasteiger partial charge in [0.05, 0.1) is 52.6 Å². The highest BCUT2D eigenvalue weighted by Crippen LogP contribution is 2.48. The monoisotopic (exact) mass is 914 g/mol. The number of ether oxygens (including phenoxy) is 4. The number of phenols is 2. The minimum Gasteiger partial charge on any atom is -0.507 e. The number of hydrogen-bond acceptors (Lipinski definition) is 16. The number of methoxy groups -OCH3 is 1. The fraction of sp³-hybridized carbons (Fsp3) is 0.490. The number of phenolic OH excluding ortho intramolecular Hbond substituents is 2. The van der Waals surface area contributed by atoms with Gasteiger partial charge >= 0.3 is 5.97 Å². The molecule has 1 aliphatic carbocycles. The van der Waals surface area contributed by atoms with Crippen LogP contribution in [0.25, 0.3) is 0 Å². The summed E-state index contributed by atoms with van der Waals surface area (Å²) < 4.78 is 24.4. The van der Waals surface area contributed by atoms with E-state index >= 15 is 0 Å². The topological polar surface area (TPSA) is 226 Å². The Bertz CT molecular complexity index is 2350. The van der Waals surface area contributed by atoms with Gasteiger partial charge in [0.2, 0.25) is 5.78 Å². The maximum atomic E-state index is 14.2. The van der Waals surface area contributed by atoms with Crippen molar-refractivity contribution in [2.75, 3.05) is 51.3 Å². The number of aliphatic hydroxyl groups excluding tert-OH is 2. The third-order valence-corrected chi connectivity index (χ3v) is 13.1. The number of carbonyl (C=O) groups is 4. The summed E-state index contributed by atoms with van der Waals surface area (Å²) in [5.74, 6) is -7.43. The predicted octanol–water partition coefficient (Wildman–Crippen LogP) is 4.70. The SMILES string of the molecule is CO[C@H]1C=CO[C@@]2(C)Oc3c(C)c(O)c4c(c3C2=NOCCN2CCN(c3ccccc3O)CC2)C(=O)C=C(NC(=O)C(C)=CC=C[C@H](C)[C@H](O)[C@@H](C)[C@@H](O)[C@@H](C)[C@H](OC(C)=O)[C@@H]1C)C4=O. The first-order chi connectivity index (χ1) is 31.3. The van der Waals surface area contributed by atoms with E-state index < -0.39 is 83.1 Å². The van der Waals surface area contributed by atoms with Crippen LogP contribution in [-0.4, -0.2) is 131 Å². The van der Waals surface area contributed by atoms with Gasteiger partial charge in [-0.1, -0.05) is 63.2 Å². The molecule has 5 N–H and O–H groups in total. The Kier molecular flexibility index (Phi) is 15.5. The lowest BCUT2D eigenvalue weighted by Gasteiger charge is -2.38. The normalized spacial score (nSPS) is 29.5. The number of nitrogens with one attached hydrogen (secondary N) is 1. The minimum atomic E-state index is -1.83. The number of ketones is 2. The number of oxime groups is 1. The minimum absolute atomic E-state index is 0.0165. The molecule has 7 rings (SSSR count). The van der Waals surface area contributed by atoms with Gasteiger partial charge in [0.1, 0.15) is 30.0 Å². The molecule has 5 bridgehead atoms. The molecule has 17 nitrogen and oxygen atoms in total. The Morgan fingerprint density at radius 2 is 1.64 bits per heavy atom. The highest BCUT2D eigenvalue weighted by atomic mass is 16.7. The fourth-order valence-corrected chi connectivity index (χ4v) is 8.99. The number of esters is 1. The van der Waals surface area contributed by atoms with Crippen molar-refractivity contribution in [3.63, 3.8) is 0 Å². The number of benzene rings is 2. The molecule has 1 amide bonds. The van der Waals surface area contributed by atoms with E-state index in [-0.39, 0.29) is 57.3 Å². The van der Waals surface area contributed by atoms with Crippen molar-refractivity contribution >= 4 is 34.8 Å². The molecular formula is C49H62N4O13. The molecule has 9 atom stereocenters. The third kappa shape index (κ3) is 10.2. The van der Waals surface area contributed by atoms with Gasteiger partial charge in [0, 0.05) is 94.6 Å². The molecular weight excluding hydrogens is 853 g/mol. The van der Waals surface area contributed by atoms with Crippen molar-refractivity contribution < 1.29 is 63.4 Å². The number of anilines is 1. The van der Waals surface area contributed by atoms with Gasteiger partial charge in [-0.15, -0.1) is 0 Å². The van der Waals surface area contributed by atoms with Crippen LogP contribution in [0, 0.1) is 30.6 Å². The van der Waals surface area contributed by atoms with E-state index in [1.54, 1.807) is 58.1 Å². The van der Waals surface area contributed by atoms with Gasteiger partial charge in [-0.05, 0) is 32.1 Å². The van der Waals surface area contributed by atoms with Crippen molar-refractivity contribution in [3.8, 4) is 17.2 Å². The zero-order chi connectivity index (χ0) is 48.2. The number of allylic oxidation sites excluding steroid dienone is 4. The van der Waals surface area contributed by atoms with Gasteiger partial charge in [-0.2, -0.15) is 0 Å². The van der Waals surface area contributed by atoms with Crippen molar-refractivity contribution in [1.29, 1.82) is 0 Å². The summed E-state index contributed by atoms with van der Waals surface area (Å²) in [5.41, 5.74) is 0.122. The van der Waals surface area contributed by atoms with Gasteiger partial charge in [0.25, 0.3) is 11.7 Å². The lowest BCUT2D eigenvalue weighted by molar-refractivity contribution is -0.160. The molecule has 0 aromatic heterocycles. The van der Waals surface area contributed by atoms with Crippen molar-refractivity contribution in [3.05, 3.63) is 94.4 Å². The number of piperazine rings is 1. The molecule has 1 saturated heterocycles. The number of amides is 1. The summed E-state index contributed by atoms with van der Waals surface area (Å²) in [6, 6.07) is 7.19. The quantitative estimate of drug-likeness (QED) is 0.144. The largest absolute Gasteiger partial charge is 0.507 e. The van der Waals surface area contributed by atoms with Crippen molar-refractivity contribution in [2.24, 2.45) is 28.8 Å². The number of aromatic hydroxyl groups is 2. The van der Waals surface area contributed by atoms with Gasteiger partial charge in [0.15, 0.2) is 11.5 Å². The lowest BCUT2D eigenvalue weighted by Crippen LogP contribution is -2.47. The number of rotatable bonds is 7. The summed E-state index contributed by atoms with van der Waals surface area (Å²) in [7, 11) is 1.46. The predicted molar refractivity (Wildman–Crippen MR) is 244 cm³/mol. The highest BCUT2D eigenvalue weighted by Gasteiger charge is 2.51. The van der Waals surface area contributed by atoms with Crippen molar-refractivity contribution in [1.82, 2.24) is 10.2 Å². The number of hydrogen-bond donors (Lipinski definition) is 5. The Morgan fingerprint density at radius 1 is 0.939 bits per heavy atom. The van der Waals surface area contributed by atoms with Crippen LogP contribution in [0.2, 0.25) is 0 Å². The van der Waals surface area contributed by atoms with Crippen LogP contribution in [0.15, 0.2) is 77.3 Å². The van der Waals surface area contributed by atoms with E-state index in [0.717, 1.165) is 11.8 Å². The first-order valence-corrected chi connectivity index (χ1v) is 22.2. The van der Waals surface area contributed by atoms with E-state index in [1.807, 2.05) is 12.1 Å². The number of Topliss-reactive ketones (excluding diaryl/α,β-unsaturated/α-hetero) is 1. The van der Waals surface area contributed by atoms with Gasteiger partial charge in [-0.25, -0.2) is 0 Å².